The molecule has 158 valence electrons. The molecule has 0 bridgehead atoms. The molecule has 0 fully saturated rings. The lowest BCUT2D eigenvalue weighted by molar-refractivity contribution is 0.0934. The topological polar surface area (TPSA) is 75.0 Å². The van der Waals surface area contributed by atoms with Crippen LogP contribution in [0.25, 0.3) is 22.2 Å². The Hall–Kier alpha value is -4.17. The third-order valence-corrected chi connectivity index (χ3v) is 5.32. The molecular weight excluding hydrogens is 398 g/mol. The van der Waals surface area contributed by atoms with Gasteiger partial charge in [0, 0.05) is 10.9 Å². The summed E-state index contributed by atoms with van der Waals surface area (Å²) < 4.78 is 5.84. The van der Waals surface area contributed by atoms with E-state index in [4.69, 9.17) is 15.0 Å². The van der Waals surface area contributed by atoms with Crippen molar-refractivity contribution in [2.24, 2.45) is 0 Å². The maximum atomic E-state index is 13.7. The Morgan fingerprint density at radius 3 is 2.34 bits per heavy atom. The molecule has 5 nitrogen and oxygen atoms in total. The standard InChI is InChI=1S/C27H23N3O2/c1-2-22(19-11-5-3-6-12-19)30-27(31)24-21-15-9-10-16-23(21)29-25(26(24)32-18-17-28)20-13-7-4-8-14-20/h3-16,22H,2,18H2,1H3,(H,30,31)/t22-/m0/s1. The van der Waals surface area contributed by atoms with E-state index in [1.165, 1.54) is 0 Å². The number of benzene rings is 3. The fourth-order valence-corrected chi connectivity index (χ4v) is 3.79. The van der Waals surface area contributed by atoms with Gasteiger partial charge in [-0.05, 0) is 18.1 Å². The lowest BCUT2D eigenvalue weighted by Crippen LogP contribution is -2.29. The number of para-hydroxylation sites is 1. The summed E-state index contributed by atoms with van der Waals surface area (Å²) in [6.45, 7) is 1.85. The third-order valence-electron chi connectivity index (χ3n) is 5.32. The number of pyridine rings is 1. The van der Waals surface area contributed by atoms with Crippen LogP contribution in [-0.4, -0.2) is 17.5 Å². The van der Waals surface area contributed by atoms with Gasteiger partial charge < -0.3 is 10.1 Å². The number of nitrogens with one attached hydrogen (secondary N) is 1. The van der Waals surface area contributed by atoms with E-state index in [-0.39, 0.29) is 18.6 Å². The average molecular weight is 422 g/mol. The van der Waals surface area contributed by atoms with Crippen molar-refractivity contribution in [2.75, 3.05) is 6.61 Å². The Kier molecular flexibility index (Phi) is 6.43. The fraction of sp³-hybridized carbons (Fsp3) is 0.148. The number of hydrogen-bond acceptors (Lipinski definition) is 4. The summed E-state index contributed by atoms with van der Waals surface area (Å²) in [6, 6.07) is 28.8. The number of amides is 1. The summed E-state index contributed by atoms with van der Waals surface area (Å²) in [5.41, 5.74) is 3.46. The minimum Gasteiger partial charge on any atom is -0.476 e. The van der Waals surface area contributed by atoms with E-state index in [9.17, 15) is 4.79 Å². The molecule has 32 heavy (non-hydrogen) atoms. The van der Waals surface area contributed by atoms with Crippen molar-refractivity contribution in [3.05, 3.63) is 96.1 Å². The van der Waals surface area contributed by atoms with Gasteiger partial charge in [-0.1, -0.05) is 85.8 Å². The smallest absolute Gasteiger partial charge is 0.256 e. The third kappa shape index (κ3) is 4.30. The number of carbonyl (C=O) groups is 1. The number of fused-ring (bicyclic) bond motifs is 1. The van der Waals surface area contributed by atoms with Crippen molar-refractivity contribution in [3.63, 3.8) is 0 Å². The van der Waals surface area contributed by atoms with Crippen molar-refractivity contribution < 1.29 is 9.53 Å². The molecule has 0 spiro atoms. The fourth-order valence-electron chi connectivity index (χ4n) is 3.79. The summed E-state index contributed by atoms with van der Waals surface area (Å²) in [7, 11) is 0. The number of hydrogen-bond donors (Lipinski definition) is 1. The zero-order valence-electron chi connectivity index (χ0n) is 17.8. The Labute approximate surface area is 187 Å². The minimum absolute atomic E-state index is 0.153. The molecule has 0 unspecified atom stereocenters. The molecule has 1 atom stereocenters. The monoisotopic (exact) mass is 421 g/mol. The molecule has 0 saturated heterocycles. The quantitative estimate of drug-likeness (QED) is 0.416. The number of rotatable bonds is 7. The van der Waals surface area contributed by atoms with Gasteiger partial charge in [0.15, 0.2) is 12.4 Å². The molecule has 4 rings (SSSR count). The normalized spacial score (nSPS) is 11.5. The Morgan fingerprint density at radius 1 is 1.00 bits per heavy atom. The van der Waals surface area contributed by atoms with Gasteiger partial charge in [0.05, 0.1) is 17.1 Å². The summed E-state index contributed by atoms with van der Waals surface area (Å²) in [4.78, 5) is 18.5. The maximum absolute atomic E-state index is 13.7. The van der Waals surface area contributed by atoms with Crippen LogP contribution in [0.15, 0.2) is 84.9 Å². The van der Waals surface area contributed by atoms with Crippen LogP contribution in [0.1, 0.15) is 35.3 Å². The molecule has 1 heterocycles. The molecule has 1 aromatic heterocycles. The molecule has 1 N–H and O–H groups in total. The summed E-state index contributed by atoms with van der Waals surface area (Å²) in [6.07, 6.45) is 0.735. The van der Waals surface area contributed by atoms with Crippen molar-refractivity contribution in [2.45, 2.75) is 19.4 Å². The first-order valence-corrected chi connectivity index (χ1v) is 10.6. The van der Waals surface area contributed by atoms with Crippen LogP contribution in [0.4, 0.5) is 0 Å². The highest BCUT2D eigenvalue weighted by Crippen LogP contribution is 2.37. The molecule has 3 aromatic carbocycles. The number of ether oxygens (including phenoxy) is 1. The van der Waals surface area contributed by atoms with Gasteiger partial charge in [0.1, 0.15) is 11.8 Å². The summed E-state index contributed by atoms with van der Waals surface area (Å²) in [5, 5.41) is 13.0. The van der Waals surface area contributed by atoms with Gasteiger partial charge >= 0.3 is 0 Å². The van der Waals surface area contributed by atoms with Gasteiger partial charge in [-0.25, -0.2) is 4.98 Å². The molecule has 0 aliphatic rings. The predicted molar refractivity (Wildman–Crippen MR) is 125 cm³/mol. The number of nitriles is 1. The molecule has 1 amide bonds. The van der Waals surface area contributed by atoms with Crippen LogP contribution in [-0.2, 0) is 0 Å². The van der Waals surface area contributed by atoms with Crippen molar-refractivity contribution in [1.29, 1.82) is 5.26 Å². The number of aromatic nitrogens is 1. The molecule has 0 saturated carbocycles. The van der Waals surface area contributed by atoms with Crippen LogP contribution < -0.4 is 10.1 Å². The van der Waals surface area contributed by atoms with Gasteiger partial charge in [0.25, 0.3) is 5.91 Å². The molecule has 4 aromatic rings. The molecule has 0 aliphatic heterocycles. The molecule has 5 heteroatoms. The maximum Gasteiger partial charge on any atom is 0.256 e. The van der Waals surface area contributed by atoms with Gasteiger partial charge in [-0.15, -0.1) is 0 Å². The van der Waals surface area contributed by atoms with Crippen LogP contribution in [0.2, 0.25) is 0 Å². The van der Waals surface area contributed by atoms with E-state index in [2.05, 4.69) is 5.32 Å². The Bertz CT molecular complexity index is 1260. The first-order valence-electron chi connectivity index (χ1n) is 10.6. The van der Waals surface area contributed by atoms with Gasteiger partial charge in [-0.3, -0.25) is 4.79 Å². The lowest BCUT2D eigenvalue weighted by atomic mass is 10.00. The van der Waals surface area contributed by atoms with Crippen LogP contribution in [0, 0.1) is 11.3 Å². The lowest BCUT2D eigenvalue weighted by Gasteiger charge is -2.21. The van der Waals surface area contributed by atoms with E-state index >= 15 is 0 Å². The van der Waals surface area contributed by atoms with Crippen molar-refractivity contribution >= 4 is 16.8 Å². The van der Waals surface area contributed by atoms with Crippen LogP contribution in [0.3, 0.4) is 0 Å². The first kappa shape index (κ1) is 21.1. The van der Waals surface area contributed by atoms with Crippen molar-refractivity contribution in [3.8, 4) is 23.1 Å². The second kappa shape index (κ2) is 9.76. The van der Waals surface area contributed by atoms with Crippen LogP contribution in [0.5, 0.6) is 5.75 Å². The van der Waals surface area contributed by atoms with E-state index in [1.807, 2.05) is 97.9 Å². The van der Waals surface area contributed by atoms with E-state index < -0.39 is 0 Å². The van der Waals surface area contributed by atoms with Crippen molar-refractivity contribution in [1.82, 2.24) is 10.3 Å². The van der Waals surface area contributed by atoms with E-state index in [0.29, 0.717) is 27.9 Å². The Balaban J connectivity index is 1.88. The second-order valence-electron chi connectivity index (χ2n) is 7.34. The summed E-state index contributed by atoms with van der Waals surface area (Å²) >= 11 is 0. The SMILES string of the molecule is CC[C@H](NC(=O)c1c(OCC#N)c(-c2ccccc2)nc2ccccc12)c1ccccc1. The summed E-state index contributed by atoms with van der Waals surface area (Å²) in [5.74, 6) is 0.0567. The average Bonchev–Trinajstić information content (AvgIpc) is 2.86. The zero-order valence-corrected chi connectivity index (χ0v) is 17.8. The Morgan fingerprint density at radius 2 is 1.66 bits per heavy atom. The predicted octanol–water partition coefficient (Wildman–Crippen LogP) is 5.69. The number of carbonyl (C=O) groups excluding carboxylic acids is 1. The second-order valence-corrected chi connectivity index (χ2v) is 7.34. The van der Waals surface area contributed by atoms with Gasteiger partial charge in [0.2, 0.25) is 0 Å². The highest BCUT2D eigenvalue weighted by molar-refractivity contribution is 6.10. The van der Waals surface area contributed by atoms with Crippen LogP contribution >= 0.6 is 0 Å². The first-order chi connectivity index (χ1) is 15.7. The van der Waals surface area contributed by atoms with E-state index in [0.717, 1.165) is 17.5 Å². The number of nitrogens with zero attached hydrogens (tertiary/aromatic N) is 2. The minimum atomic E-state index is -0.260. The zero-order chi connectivity index (χ0) is 22.3. The molecule has 0 aliphatic carbocycles. The molecule has 0 radical (unpaired) electrons. The van der Waals surface area contributed by atoms with E-state index in [1.54, 1.807) is 0 Å². The largest absolute Gasteiger partial charge is 0.476 e. The highest BCUT2D eigenvalue weighted by atomic mass is 16.5. The molecular formula is C27H23N3O2. The highest BCUT2D eigenvalue weighted by Gasteiger charge is 2.25. The van der Waals surface area contributed by atoms with Gasteiger partial charge in [-0.2, -0.15) is 5.26 Å².